The zero-order valence-corrected chi connectivity index (χ0v) is 15.8. The molecule has 0 radical (unpaired) electrons. The van der Waals surface area contributed by atoms with Gasteiger partial charge in [-0.2, -0.15) is 0 Å². The average Bonchev–Trinajstić information content (AvgIpc) is 2.59. The van der Waals surface area contributed by atoms with E-state index in [9.17, 15) is 5.11 Å². The average molecular weight is 349 g/mol. The Bertz CT molecular complexity index is 989. The first kappa shape index (κ1) is 17.3. The molecular formula is C21H24BNO3. The number of ether oxygens (including phenoxy) is 1. The van der Waals surface area contributed by atoms with Crippen molar-refractivity contribution in [1.29, 1.82) is 0 Å². The van der Waals surface area contributed by atoms with Crippen molar-refractivity contribution in [2.75, 3.05) is 0 Å². The predicted octanol–water partition coefficient (Wildman–Crippen LogP) is 1.37. The summed E-state index contributed by atoms with van der Waals surface area (Å²) in [5.74, 6) is 1.84. The van der Waals surface area contributed by atoms with Crippen LogP contribution in [0.3, 0.4) is 0 Å². The SMILES string of the molecule is CC(C)(O)C(C)(C)OBc1ccc2c(c1)OC1=c3c-2nccc3=CCC1. The Morgan fingerprint density at radius 2 is 2.00 bits per heavy atom. The van der Waals surface area contributed by atoms with Crippen molar-refractivity contribution in [2.24, 2.45) is 0 Å². The third kappa shape index (κ3) is 2.85. The molecule has 2 heterocycles. The van der Waals surface area contributed by atoms with Gasteiger partial charge in [-0.15, -0.1) is 0 Å². The van der Waals surface area contributed by atoms with Crippen LogP contribution in [-0.4, -0.2) is 28.8 Å². The highest BCUT2D eigenvalue weighted by Gasteiger charge is 2.35. The molecule has 0 amide bonds. The summed E-state index contributed by atoms with van der Waals surface area (Å²) in [7, 11) is 0.414. The number of hydrogen-bond acceptors (Lipinski definition) is 4. The largest absolute Gasteiger partial charge is 0.460 e. The molecule has 4 nitrogen and oxygen atoms in total. The van der Waals surface area contributed by atoms with Crippen molar-refractivity contribution in [3.05, 3.63) is 40.9 Å². The van der Waals surface area contributed by atoms with E-state index in [1.807, 2.05) is 38.2 Å². The standard InChI is InChI=1S/C21H24BNO3/c1-20(2,24)21(3,4)26-22-14-8-9-15-17(12-14)25-16-7-5-6-13-10-11-23-19(15)18(13)16/h6,8-12,22,24H,5,7H2,1-4H3. The Morgan fingerprint density at radius 1 is 1.19 bits per heavy atom. The molecule has 1 N–H and O–H groups in total. The Morgan fingerprint density at radius 3 is 2.77 bits per heavy atom. The second kappa shape index (κ2) is 5.97. The van der Waals surface area contributed by atoms with Crippen LogP contribution in [-0.2, 0) is 4.65 Å². The quantitative estimate of drug-likeness (QED) is 0.847. The van der Waals surface area contributed by atoms with Gasteiger partial charge in [0.1, 0.15) is 11.5 Å². The molecule has 26 heavy (non-hydrogen) atoms. The van der Waals surface area contributed by atoms with E-state index in [1.54, 1.807) is 13.8 Å². The summed E-state index contributed by atoms with van der Waals surface area (Å²) >= 11 is 0. The topological polar surface area (TPSA) is 51.6 Å². The van der Waals surface area contributed by atoms with Crippen LogP contribution in [0.1, 0.15) is 40.5 Å². The Kier molecular flexibility index (Phi) is 3.97. The summed E-state index contributed by atoms with van der Waals surface area (Å²) in [5, 5.41) is 12.6. The van der Waals surface area contributed by atoms with Gasteiger partial charge in [-0.25, -0.2) is 0 Å². The molecule has 5 heteroatoms. The van der Waals surface area contributed by atoms with Crippen LogP contribution in [0.4, 0.5) is 0 Å². The fourth-order valence-corrected chi connectivity index (χ4v) is 3.24. The number of rotatable bonds is 4. The molecule has 1 aromatic carbocycles. The maximum atomic E-state index is 10.3. The summed E-state index contributed by atoms with van der Waals surface area (Å²) in [6.07, 6.45) is 6.01. The number of pyridine rings is 1. The van der Waals surface area contributed by atoms with Crippen LogP contribution >= 0.6 is 0 Å². The van der Waals surface area contributed by atoms with Crippen LogP contribution < -0.4 is 20.6 Å². The zero-order chi connectivity index (χ0) is 18.5. The predicted molar refractivity (Wildman–Crippen MR) is 105 cm³/mol. The number of nitrogens with zero attached hydrogens (tertiary/aromatic N) is 1. The monoisotopic (exact) mass is 349 g/mol. The molecule has 134 valence electrons. The highest BCUT2D eigenvalue weighted by atomic mass is 16.5. The highest BCUT2D eigenvalue weighted by molar-refractivity contribution is 6.47. The summed E-state index contributed by atoms with van der Waals surface area (Å²) in [6.45, 7) is 7.33. The second-order valence-electron chi connectivity index (χ2n) is 8.08. The lowest BCUT2D eigenvalue weighted by atomic mass is 9.82. The first-order valence-electron chi connectivity index (χ1n) is 9.12. The number of aliphatic hydroxyl groups is 1. The smallest absolute Gasteiger partial charge is 0.309 e. The number of fused-ring (bicyclic) bond motifs is 2. The molecule has 0 saturated carbocycles. The molecule has 1 aliphatic carbocycles. The minimum Gasteiger partial charge on any atom is -0.460 e. The Labute approximate surface area is 154 Å². The summed E-state index contributed by atoms with van der Waals surface area (Å²) < 4.78 is 12.2. The summed E-state index contributed by atoms with van der Waals surface area (Å²) in [6, 6.07) is 8.17. The molecular weight excluding hydrogens is 325 g/mol. The van der Waals surface area contributed by atoms with Gasteiger partial charge in [0.15, 0.2) is 0 Å². The molecule has 2 aromatic rings. The molecule has 0 unspecified atom stereocenters. The molecule has 0 bridgehead atoms. The fraction of sp³-hybridized carbons (Fsp3) is 0.381. The molecule has 0 atom stereocenters. The van der Waals surface area contributed by atoms with Crippen LogP contribution in [0, 0.1) is 0 Å². The van der Waals surface area contributed by atoms with E-state index in [4.69, 9.17) is 9.39 Å². The Balaban J connectivity index is 1.67. The van der Waals surface area contributed by atoms with Gasteiger partial charge in [-0.1, -0.05) is 12.1 Å². The third-order valence-electron chi connectivity index (χ3n) is 5.61. The van der Waals surface area contributed by atoms with E-state index >= 15 is 0 Å². The zero-order valence-electron chi connectivity index (χ0n) is 15.8. The molecule has 0 fully saturated rings. The molecule has 1 aromatic heterocycles. The van der Waals surface area contributed by atoms with E-state index in [1.165, 1.54) is 5.22 Å². The van der Waals surface area contributed by atoms with E-state index in [0.29, 0.717) is 7.48 Å². The van der Waals surface area contributed by atoms with Crippen molar-refractivity contribution in [3.8, 4) is 17.0 Å². The van der Waals surface area contributed by atoms with Gasteiger partial charge in [0, 0.05) is 23.4 Å². The van der Waals surface area contributed by atoms with Gasteiger partial charge in [0.25, 0.3) is 0 Å². The lowest BCUT2D eigenvalue weighted by Gasteiger charge is -2.37. The fourth-order valence-electron chi connectivity index (χ4n) is 3.24. The number of aromatic nitrogens is 1. The lowest BCUT2D eigenvalue weighted by Crippen LogP contribution is -2.49. The van der Waals surface area contributed by atoms with Crippen LogP contribution in [0.25, 0.3) is 23.1 Å². The normalized spacial score (nSPS) is 15.5. The first-order chi connectivity index (χ1) is 12.3. The van der Waals surface area contributed by atoms with Crippen molar-refractivity contribution in [3.63, 3.8) is 0 Å². The van der Waals surface area contributed by atoms with Gasteiger partial charge in [0.05, 0.1) is 16.9 Å². The maximum absolute atomic E-state index is 10.3. The molecule has 1 aliphatic heterocycles. The lowest BCUT2D eigenvalue weighted by molar-refractivity contribution is -0.0893. The second-order valence-corrected chi connectivity index (χ2v) is 8.08. The minimum absolute atomic E-state index is 0.414. The molecule has 4 rings (SSSR count). The van der Waals surface area contributed by atoms with E-state index in [0.717, 1.165) is 46.3 Å². The van der Waals surface area contributed by atoms with Crippen LogP contribution in [0.15, 0.2) is 30.5 Å². The number of benzene rings is 1. The highest BCUT2D eigenvalue weighted by Crippen LogP contribution is 2.32. The van der Waals surface area contributed by atoms with Crippen molar-refractivity contribution in [1.82, 2.24) is 4.98 Å². The summed E-state index contributed by atoms with van der Waals surface area (Å²) in [5.41, 5.74) is 1.46. The molecule has 0 spiro atoms. The van der Waals surface area contributed by atoms with E-state index in [-0.39, 0.29) is 0 Å². The van der Waals surface area contributed by atoms with Gasteiger partial charge in [-0.05, 0) is 63.0 Å². The van der Waals surface area contributed by atoms with Crippen molar-refractivity contribution < 1.29 is 14.5 Å². The van der Waals surface area contributed by atoms with Crippen LogP contribution in [0.2, 0.25) is 0 Å². The number of hydrogen-bond donors (Lipinski definition) is 1. The summed E-state index contributed by atoms with van der Waals surface area (Å²) in [4.78, 5) is 4.62. The van der Waals surface area contributed by atoms with Gasteiger partial charge < -0.3 is 14.5 Å². The molecule has 2 aliphatic rings. The minimum atomic E-state index is -0.925. The molecule has 0 saturated heterocycles. The van der Waals surface area contributed by atoms with Crippen molar-refractivity contribution >= 4 is 24.8 Å². The van der Waals surface area contributed by atoms with E-state index in [2.05, 4.69) is 17.1 Å². The van der Waals surface area contributed by atoms with E-state index < -0.39 is 11.2 Å². The third-order valence-corrected chi connectivity index (χ3v) is 5.61. The first-order valence-corrected chi connectivity index (χ1v) is 9.12. The van der Waals surface area contributed by atoms with Crippen LogP contribution in [0.5, 0.6) is 5.75 Å². The van der Waals surface area contributed by atoms with Gasteiger partial charge >= 0.3 is 7.48 Å². The van der Waals surface area contributed by atoms with Gasteiger partial charge in [-0.3, -0.25) is 4.98 Å². The Hall–Kier alpha value is -2.11. The van der Waals surface area contributed by atoms with Crippen molar-refractivity contribution in [2.45, 2.75) is 51.7 Å². The van der Waals surface area contributed by atoms with Gasteiger partial charge in [0.2, 0.25) is 0 Å². The maximum Gasteiger partial charge on any atom is 0.309 e.